The summed E-state index contributed by atoms with van der Waals surface area (Å²) in [6, 6.07) is 7.69. The van der Waals surface area contributed by atoms with Crippen LogP contribution in [0.3, 0.4) is 0 Å². The van der Waals surface area contributed by atoms with Crippen LogP contribution in [0.1, 0.15) is 18.2 Å². The van der Waals surface area contributed by atoms with Crippen molar-refractivity contribution in [3.05, 3.63) is 35.5 Å². The third-order valence-electron chi connectivity index (χ3n) is 3.40. The van der Waals surface area contributed by atoms with Crippen LogP contribution in [-0.4, -0.2) is 29.8 Å². The topological polar surface area (TPSA) is 54.5 Å². The van der Waals surface area contributed by atoms with Gasteiger partial charge in [-0.15, -0.1) is 0 Å². The van der Waals surface area contributed by atoms with Gasteiger partial charge in [0.05, 0.1) is 18.5 Å². The first-order valence-electron chi connectivity index (χ1n) is 5.93. The molecule has 0 unspecified atom stereocenters. The molecule has 1 aliphatic rings. The Morgan fingerprint density at radius 3 is 3.00 bits per heavy atom. The fraction of sp³-hybridized carbons (Fsp3) is 0.286. The molecule has 4 nitrogen and oxygen atoms in total. The summed E-state index contributed by atoms with van der Waals surface area (Å²) in [6.07, 6.45) is 0.601. The van der Waals surface area contributed by atoms with Crippen LogP contribution in [0.15, 0.2) is 29.3 Å². The van der Waals surface area contributed by atoms with Crippen molar-refractivity contribution in [3.8, 4) is 0 Å². The maximum atomic E-state index is 11.6. The number of hydrogen-bond acceptors (Lipinski definition) is 3. The highest BCUT2D eigenvalue weighted by atomic mass is 16.5. The Labute approximate surface area is 105 Å². The minimum absolute atomic E-state index is 0.273. The van der Waals surface area contributed by atoms with Crippen molar-refractivity contribution >= 4 is 22.6 Å². The van der Waals surface area contributed by atoms with E-state index in [1.807, 2.05) is 25.1 Å². The first-order chi connectivity index (χ1) is 8.70. The number of fused-ring (bicyclic) bond motifs is 3. The summed E-state index contributed by atoms with van der Waals surface area (Å²) >= 11 is 0. The smallest absolute Gasteiger partial charge is 0.330 e. The molecule has 1 N–H and O–H groups in total. The van der Waals surface area contributed by atoms with Crippen LogP contribution < -0.4 is 0 Å². The van der Waals surface area contributed by atoms with E-state index >= 15 is 0 Å². The lowest BCUT2D eigenvalue weighted by atomic mass is 9.98. The number of carbonyl (C=O) groups is 1. The van der Waals surface area contributed by atoms with Gasteiger partial charge in [-0.1, -0.05) is 18.2 Å². The highest BCUT2D eigenvalue weighted by molar-refractivity contribution is 6.06. The van der Waals surface area contributed by atoms with Crippen molar-refractivity contribution in [2.24, 2.45) is 4.99 Å². The monoisotopic (exact) mass is 242 g/mol. The minimum atomic E-state index is -0.415. The molecule has 1 aliphatic heterocycles. The van der Waals surface area contributed by atoms with E-state index in [0.717, 1.165) is 27.9 Å². The summed E-state index contributed by atoms with van der Waals surface area (Å²) in [5.41, 5.74) is 4.15. The third-order valence-corrected chi connectivity index (χ3v) is 3.40. The summed E-state index contributed by atoms with van der Waals surface area (Å²) in [5, 5.41) is 1.16. The molecule has 1 aromatic carbocycles. The summed E-state index contributed by atoms with van der Waals surface area (Å²) < 4.78 is 4.79. The number of ether oxygens (including phenoxy) is 1. The van der Waals surface area contributed by atoms with E-state index in [-0.39, 0.29) is 5.97 Å². The van der Waals surface area contributed by atoms with Crippen molar-refractivity contribution < 1.29 is 9.53 Å². The van der Waals surface area contributed by atoms with Crippen LogP contribution >= 0.6 is 0 Å². The molecule has 1 aromatic heterocycles. The highest BCUT2D eigenvalue weighted by Gasteiger charge is 2.27. The zero-order valence-corrected chi connectivity index (χ0v) is 10.4. The Balaban J connectivity index is 2.15. The maximum Gasteiger partial charge on any atom is 0.330 e. The van der Waals surface area contributed by atoms with Crippen LogP contribution in [-0.2, 0) is 16.0 Å². The van der Waals surface area contributed by atoms with Crippen molar-refractivity contribution in [1.82, 2.24) is 4.98 Å². The number of benzene rings is 1. The van der Waals surface area contributed by atoms with E-state index in [4.69, 9.17) is 4.74 Å². The molecular weight excluding hydrogens is 228 g/mol. The largest absolute Gasteiger partial charge is 0.467 e. The molecule has 0 saturated heterocycles. The van der Waals surface area contributed by atoms with Gasteiger partial charge in [0.1, 0.15) is 0 Å². The zero-order valence-electron chi connectivity index (χ0n) is 10.4. The number of methoxy groups -OCH3 is 1. The van der Waals surface area contributed by atoms with Crippen molar-refractivity contribution in [2.75, 3.05) is 7.11 Å². The molecule has 0 spiro atoms. The molecule has 0 radical (unpaired) electrons. The fourth-order valence-corrected chi connectivity index (χ4v) is 2.53. The average Bonchev–Trinajstić information content (AvgIpc) is 2.77. The Kier molecular flexibility index (Phi) is 2.44. The molecule has 18 heavy (non-hydrogen) atoms. The fourth-order valence-electron chi connectivity index (χ4n) is 2.53. The second-order valence-electron chi connectivity index (χ2n) is 4.48. The number of hydrogen-bond donors (Lipinski definition) is 1. The normalized spacial score (nSPS) is 18.3. The van der Waals surface area contributed by atoms with E-state index in [1.165, 1.54) is 7.11 Å². The second kappa shape index (κ2) is 3.98. The lowest BCUT2D eigenvalue weighted by Gasteiger charge is -2.17. The van der Waals surface area contributed by atoms with Crippen LogP contribution in [0, 0.1) is 0 Å². The SMILES string of the molecule is COC(=O)[C@@H]1Cc2c([nH]c3ccccc23)C(C)=N1. The number of carbonyl (C=O) groups excluding carboxylic acids is 1. The minimum Gasteiger partial charge on any atom is -0.467 e. The first-order valence-corrected chi connectivity index (χ1v) is 5.93. The summed E-state index contributed by atoms with van der Waals surface area (Å²) in [6.45, 7) is 1.92. The number of nitrogens with one attached hydrogen (secondary N) is 1. The lowest BCUT2D eigenvalue weighted by molar-refractivity contribution is -0.142. The van der Waals surface area contributed by atoms with Gasteiger partial charge >= 0.3 is 5.97 Å². The number of esters is 1. The highest BCUT2D eigenvalue weighted by Crippen LogP contribution is 2.28. The molecular formula is C14H14N2O2. The molecule has 2 aromatic rings. The Morgan fingerprint density at radius 1 is 1.44 bits per heavy atom. The van der Waals surface area contributed by atoms with Crippen LogP contribution in [0.5, 0.6) is 0 Å². The van der Waals surface area contributed by atoms with E-state index in [9.17, 15) is 4.79 Å². The lowest BCUT2D eigenvalue weighted by Crippen LogP contribution is -2.28. The Morgan fingerprint density at radius 2 is 2.22 bits per heavy atom. The number of rotatable bonds is 1. The summed E-state index contributed by atoms with van der Waals surface area (Å²) in [5.74, 6) is -0.273. The van der Waals surface area contributed by atoms with E-state index < -0.39 is 6.04 Å². The third kappa shape index (κ3) is 1.53. The van der Waals surface area contributed by atoms with Crippen molar-refractivity contribution in [2.45, 2.75) is 19.4 Å². The molecule has 2 heterocycles. The number of nitrogens with zero attached hydrogens (tertiary/aromatic N) is 1. The van der Waals surface area contributed by atoms with Gasteiger partial charge in [0.15, 0.2) is 6.04 Å². The van der Waals surface area contributed by atoms with Gasteiger partial charge < -0.3 is 9.72 Å². The predicted octanol–water partition coefficient (Wildman–Crippen LogP) is 2.07. The van der Waals surface area contributed by atoms with Gasteiger partial charge in [0, 0.05) is 17.3 Å². The standard InChI is InChI=1S/C14H14N2O2/c1-8-13-10(7-12(15-8)14(17)18-2)9-5-3-4-6-11(9)16-13/h3-6,12,16H,7H2,1-2H3/t12-/m0/s1. The summed E-state index contributed by atoms with van der Waals surface area (Å²) in [4.78, 5) is 19.4. The van der Waals surface area contributed by atoms with Crippen molar-refractivity contribution in [3.63, 3.8) is 0 Å². The van der Waals surface area contributed by atoms with Crippen LogP contribution in [0.4, 0.5) is 0 Å². The molecule has 4 heteroatoms. The molecule has 3 rings (SSSR count). The zero-order chi connectivity index (χ0) is 12.7. The Hall–Kier alpha value is -2.10. The predicted molar refractivity (Wildman–Crippen MR) is 70.0 cm³/mol. The average molecular weight is 242 g/mol. The molecule has 0 amide bonds. The number of aliphatic imine (C=N–C) groups is 1. The van der Waals surface area contributed by atoms with E-state index in [0.29, 0.717) is 6.42 Å². The number of aromatic amines is 1. The Bertz CT molecular complexity index is 655. The van der Waals surface area contributed by atoms with Gasteiger partial charge in [-0.3, -0.25) is 4.99 Å². The molecule has 0 aliphatic carbocycles. The quantitative estimate of drug-likeness (QED) is 0.778. The van der Waals surface area contributed by atoms with Crippen molar-refractivity contribution in [1.29, 1.82) is 0 Å². The van der Waals surface area contributed by atoms with Gasteiger partial charge in [-0.25, -0.2) is 4.79 Å². The molecule has 92 valence electrons. The number of para-hydroxylation sites is 1. The molecule has 0 bridgehead atoms. The first kappa shape index (κ1) is 11.0. The van der Waals surface area contributed by atoms with E-state index in [2.05, 4.69) is 16.0 Å². The molecule has 1 atom stereocenters. The summed E-state index contributed by atoms with van der Waals surface area (Å²) in [7, 11) is 1.40. The van der Waals surface area contributed by atoms with Crippen LogP contribution in [0.2, 0.25) is 0 Å². The van der Waals surface area contributed by atoms with Gasteiger partial charge in [0.25, 0.3) is 0 Å². The van der Waals surface area contributed by atoms with Crippen LogP contribution in [0.25, 0.3) is 10.9 Å². The molecule has 0 saturated carbocycles. The van der Waals surface area contributed by atoms with Gasteiger partial charge in [-0.05, 0) is 18.6 Å². The van der Waals surface area contributed by atoms with E-state index in [1.54, 1.807) is 0 Å². The maximum absolute atomic E-state index is 11.6. The van der Waals surface area contributed by atoms with Gasteiger partial charge in [-0.2, -0.15) is 0 Å². The molecule has 0 fully saturated rings. The number of aromatic nitrogens is 1. The second-order valence-corrected chi connectivity index (χ2v) is 4.48. The van der Waals surface area contributed by atoms with Gasteiger partial charge in [0.2, 0.25) is 0 Å². The number of H-pyrrole nitrogens is 1.